The van der Waals surface area contributed by atoms with E-state index in [0.717, 1.165) is 24.7 Å². The van der Waals surface area contributed by atoms with Crippen molar-refractivity contribution in [3.8, 4) is 0 Å². The van der Waals surface area contributed by atoms with E-state index in [1.54, 1.807) is 0 Å². The number of aryl methyl sites for hydroxylation is 1. The lowest BCUT2D eigenvalue weighted by Crippen LogP contribution is -2.34. The molecule has 0 amide bonds. The van der Waals surface area contributed by atoms with Gasteiger partial charge in [0.2, 0.25) is 0 Å². The quantitative estimate of drug-likeness (QED) is 0.900. The third-order valence-corrected chi connectivity index (χ3v) is 3.89. The SMILES string of the molecule is CNCCC1CCN(Cc2ccc(C)nc2)CC1.Cl. The summed E-state index contributed by atoms with van der Waals surface area (Å²) in [5.41, 5.74) is 2.44. The van der Waals surface area contributed by atoms with Crippen molar-refractivity contribution in [2.24, 2.45) is 5.92 Å². The Hall–Kier alpha value is -0.640. The van der Waals surface area contributed by atoms with E-state index in [1.807, 2.05) is 20.2 Å². The third kappa shape index (κ3) is 5.47. The lowest BCUT2D eigenvalue weighted by molar-refractivity contribution is 0.172. The van der Waals surface area contributed by atoms with Gasteiger partial charge in [-0.15, -0.1) is 12.4 Å². The molecule has 1 aromatic heterocycles. The number of likely N-dealkylation sites (tertiary alicyclic amines) is 1. The maximum Gasteiger partial charge on any atom is 0.0372 e. The van der Waals surface area contributed by atoms with Crippen molar-refractivity contribution in [3.63, 3.8) is 0 Å². The van der Waals surface area contributed by atoms with Gasteiger partial charge in [-0.2, -0.15) is 0 Å². The fourth-order valence-corrected chi connectivity index (χ4v) is 2.63. The summed E-state index contributed by atoms with van der Waals surface area (Å²) in [6.07, 6.45) is 6.04. The second-order valence-corrected chi connectivity index (χ2v) is 5.42. The molecule has 3 nitrogen and oxygen atoms in total. The summed E-state index contributed by atoms with van der Waals surface area (Å²) in [5.74, 6) is 0.921. The Morgan fingerprint density at radius 3 is 2.63 bits per heavy atom. The largest absolute Gasteiger partial charge is 0.320 e. The number of halogens is 1. The molecule has 2 heterocycles. The highest BCUT2D eigenvalue weighted by Gasteiger charge is 2.18. The van der Waals surface area contributed by atoms with Gasteiger partial charge >= 0.3 is 0 Å². The molecular weight excluding hydrogens is 258 g/mol. The minimum absolute atomic E-state index is 0. The molecule has 19 heavy (non-hydrogen) atoms. The molecule has 1 aliphatic heterocycles. The molecule has 0 unspecified atom stereocenters. The standard InChI is InChI=1S/C15H25N3.ClH/c1-13-3-4-15(11-17-13)12-18-9-6-14(7-10-18)5-8-16-2;/h3-4,11,14,16H,5-10,12H2,1-2H3;1H. The average molecular weight is 284 g/mol. The van der Waals surface area contributed by atoms with Gasteiger partial charge in [-0.3, -0.25) is 9.88 Å². The van der Waals surface area contributed by atoms with Crippen molar-refractivity contribution in [2.45, 2.75) is 32.7 Å². The second-order valence-electron chi connectivity index (χ2n) is 5.42. The van der Waals surface area contributed by atoms with Crippen LogP contribution >= 0.6 is 12.4 Å². The fourth-order valence-electron chi connectivity index (χ4n) is 2.63. The van der Waals surface area contributed by atoms with Crippen LogP contribution in [0.15, 0.2) is 18.3 Å². The molecule has 0 saturated carbocycles. The zero-order chi connectivity index (χ0) is 12.8. The molecule has 108 valence electrons. The Morgan fingerprint density at radius 2 is 2.05 bits per heavy atom. The predicted octanol–water partition coefficient (Wildman–Crippen LogP) is 2.63. The minimum Gasteiger partial charge on any atom is -0.320 e. The first-order valence-electron chi connectivity index (χ1n) is 7.06. The molecule has 1 saturated heterocycles. The summed E-state index contributed by atoms with van der Waals surface area (Å²) in [6, 6.07) is 4.31. The Bertz CT molecular complexity index is 345. The number of rotatable bonds is 5. The summed E-state index contributed by atoms with van der Waals surface area (Å²) in [5, 5.41) is 3.25. The molecular formula is C15H26ClN3. The summed E-state index contributed by atoms with van der Waals surface area (Å²) in [6.45, 7) is 6.74. The number of aromatic nitrogens is 1. The van der Waals surface area contributed by atoms with Gasteiger partial charge in [-0.1, -0.05) is 6.07 Å². The second kappa shape index (κ2) is 8.51. The smallest absolute Gasteiger partial charge is 0.0372 e. The maximum atomic E-state index is 4.37. The zero-order valence-corrected chi connectivity index (χ0v) is 12.9. The number of piperidine rings is 1. The van der Waals surface area contributed by atoms with Crippen LogP contribution in [0.5, 0.6) is 0 Å². The Kier molecular flexibility index (Phi) is 7.36. The minimum atomic E-state index is 0. The van der Waals surface area contributed by atoms with Gasteiger partial charge in [0.1, 0.15) is 0 Å². The van der Waals surface area contributed by atoms with Gasteiger partial charge in [0.15, 0.2) is 0 Å². The Balaban J connectivity index is 0.00000180. The van der Waals surface area contributed by atoms with E-state index in [2.05, 4.69) is 27.3 Å². The molecule has 4 heteroatoms. The first-order chi connectivity index (χ1) is 8.78. The predicted molar refractivity (Wildman–Crippen MR) is 82.8 cm³/mol. The topological polar surface area (TPSA) is 28.2 Å². The van der Waals surface area contributed by atoms with Crippen LogP contribution in [0.25, 0.3) is 0 Å². The Labute approximate surface area is 123 Å². The molecule has 1 fully saturated rings. The summed E-state index contributed by atoms with van der Waals surface area (Å²) < 4.78 is 0. The monoisotopic (exact) mass is 283 g/mol. The number of nitrogens with zero attached hydrogens (tertiary/aromatic N) is 2. The van der Waals surface area contributed by atoms with Crippen molar-refractivity contribution < 1.29 is 0 Å². The van der Waals surface area contributed by atoms with E-state index in [1.165, 1.54) is 37.9 Å². The lowest BCUT2D eigenvalue weighted by atomic mass is 9.93. The van der Waals surface area contributed by atoms with Gasteiger partial charge in [-0.25, -0.2) is 0 Å². The number of pyridine rings is 1. The van der Waals surface area contributed by atoms with Crippen LogP contribution in [0, 0.1) is 12.8 Å². The highest BCUT2D eigenvalue weighted by atomic mass is 35.5. The Morgan fingerprint density at radius 1 is 1.32 bits per heavy atom. The van der Waals surface area contributed by atoms with Gasteiger partial charge in [0.05, 0.1) is 0 Å². The van der Waals surface area contributed by atoms with Crippen molar-refractivity contribution in [3.05, 3.63) is 29.6 Å². The molecule has 0 radical (unpaired) electrons. The molecule has 0 spiro atoms. The summed E-state index contributed by atoms with van der Waals surface area (Å²) in [7, 11) is 2.04. The number of nitrogens with one attached hydrogen (secondary N) is 1. The summed E-state index contributed by atoms with van der Waals surface area (Å²) >= 11 is 0. The molecule has 0 aliphatic carbocycles. The third-order valence-electron chi connectivity index (χ3n) is 3.89. The highest BCUT2D eigenvalue weighted by molar-refractivity contribution is 5.85. The maximum absolute atomic E-state index is 4.37. The van der Waals surface area contributed by atoms with E-state index in [4.69, 9.17) is 0 Å². The molecule has 2 rings (SSSR count). The van der Waals surface area contributed by atoms with Gasteiger partial charge in [-0.05, 0) is 70.4 Å². The first kappa shape index (κ1) is 16.4. The van der Waals surface area contributed by atoms with E-state index in [0.29, 0.717) is 0 Å². The fraction of sp³-hybridized carbons (Fsp3) is 0.667. The molecule has 0 bridgehead atoms. The number of hydrogen-bond acceptors (Lipinski definition) is 3. The van der Waals surface area contributed by atoms with Crippen molar-refractivity contribution in [1.29, 1.82) is 0 Å². The van der Waals surface area contributed by atoms with Crippen LogP contribution in [0.1, 0.15) is 30.5 Å². The van der Waals surface area contributed by atoms with Crippen molar-refractivity contribution in [2.75, 3.05) is 26.7 Å². The normalized spacial score (nSPS) is 17.2. The van der Waals surface area contributed by atoms with Gasteiger partial charge < -0.3 is 5.32 Å². The van der Waals surface area contributed by atoms with E-state index in [9.17, 15) is 0 Å². The van der Waals surface area contributed by atoms with Crippen LogP contribution in [0.2, 0.25) is 0 Å². The van der Waals surface area contributed by atoms with E-state index >= 15 is 0 Å². The highest BCUT2D eigenvalue weighted by Crippen LogP contribution is 2.21. The zero-order valence-electron chi connectivity index (χ0n) is 12.1. The molecule has 1 N–H and O–H groups in total. The van der Waals surface area contributed by atoms with Crippen LogP contribution in [-0.2, 0) is 6.54 Å². The van der Waals surface area contributed by atoms with Crippen LogP contribution in [0.4, 0.5) is 0 Å². The molecule has 0 aromatic carbocycles. The van der Waals surface area contributed by atoms with Gasteiger partial charge in [0, 0.05) is 18.4 Å². The average Bonchev–Trinajstić information content (AvgIpc) is 2.41. The van der Waals surface area contributed by atoms with Crippen LogP contribution in [0.3, 0.4) is 0 Å². The molecule has 1 aromatic rings. The van der Waals surface area contributed by atoms with Gasteiger partial charge in [0.25, 0.3) is 0 Å². The lowest BCUT2D eigenvalue weighted by Gasteiger charge is -2.31. The van der Waals surface area contributed by atoms with Crippen molar-refractivity contribution >= 4 is 12.4 Å². The summed E-state index contributed by atoms with van der Waals surface area (Å²) in [4.78, 5) is 6.92. The van der Waals surface area contributed by atoms with Crippen molar-refractivity contribution in [1.82, 2.24) is 15.2 Å². The number of hydrogen-bond donors (Lipinski definition) is 1. The molecule has 0 atom stereocenters. The van der Waals surface area contributed by atoms with E-state index in [-0.39, 0.29) is 12.4 Å². The van der Waals surface area contributed by atoms with Crippen LogP contribution in [-0.4, -0.2) is 36.6 Å². The first-order valence-corrected chi connectivity index (χ1v) is 7.06. The van der Waals surface area contributed by atoms with Crippen LogP contribution < -0.4 is 5.32 Å². The molecule has 1 aliphatic rings. The van der Waals surface area contributed by atoms with E-state index < -0.39 is 0 Å².